The minimum absolute atomic E-state index is 0.0225. The Bertz CT molecular complexity index is 1100. The highest BCUT2D eigenvalue weighted by molar-refractivity contribution is 7.89. The molecule has 2 amide bonds. The normalized spacial score (nSPS) is 10.9. The lowest BCUT2D eigenvalue weighted by atomic mass is 10.2. The number of benzene rings is 2. The maximum absolute atomic E-state index is 12.2. The number of esters is 1. The Labute approximate surface area is 197 Å². The maximum atomic E-state index is 12.2. The third-order valence-electron chi connectivity index (χ3n) is 3.71. The average molecular weight is 497 g/mol. The van der Waals surface area contributed by atoms with Gasteiger partial charge in [-0.05, 0) is 51.1 Å². The standard InChI is InChI=1S/C16H22N2O8S.C6H6O/c1-16(2,3)26-15(22)18-13(20)7-8-17-27(23,24)12-6-5-10(9-11(12)19)14(21)25-4;7-6-4-2-1-3-5-6/h5-6,9,17,19H,7-8H2,1-4H3,(H,18,20,22);1-5,7H. The molecule has 2 aromatic carbocycles. The SMILES string of the molecule is COC(=O)c1ccc(S(=O)(=O)NCCC(=O)NC(=O)OC(C)(C)C)c(O)c1.Oc1ccccc1. The predicted octanol–water partition coefficient (Wildman–Crippen LogP) is 2.29. The summed E-state index contributed by atoms with van der Waals surface area (Å²) in [5.41, 5.74) is -0.800. The summed E-state index contributed by atoms with van der Waals surface area (Å²) >= 11 is 0. The van der Waals surface area contributed by atoms with Crippen molar-refractivity contribution in [3.05, 3.63) is 54.1 Å². The zero-order chi connectivity index (χ0) is 25.9. The summed E-state index contributed by atoms with van der Waals surface area (Å²) in [5.74, 6) is -1.80. The number of phenolic OH excluding ortho intramolecular Hbond substituents is 2. The van der Waals surface area contributed by atoms with Gasteiger partial charge in [-0.15, -0.1) is 0 Å². The number of alkyl carbamates (subject to hydrolysis) is 1. The molecule has 11 nitrogen and oxygen atoms in total. The number of amides is 2. The van der Waals surface area contributed by atoms with Crippen molar-refractivity contribution < 1.29 is 42.5 Å². The summed E-state index contributed by atoms with van der Waals surface area (Å²) in [4.78, 5) is 34.0. The predicted molar refractivity (Wildman–Crippen MR) is 122 cm³/mol. The molecule has 0 aliphatic heterocycles. The quantitative estimate of drug-likeness (QED) is 0.438. The third-order valence-corrected chi connectivity index (χ3v) is 5.22. The lowest BCUT2D eigenvalue weighted by molar-refractivity contribution is -0.120. The van der Waals surface area contributed by atoms with Crippen LogP contribution in [0.2, 0.25) is 0 Å². The van der Waals surface area contributed by atoms with E-state index in [0.717, 1.165) is 19.2 Å². The number of ether oxygens (including phenoxy) is 2. The van der Waals surface area contributed by atoms with Gasteiger partial charge in [0.25, 0.3) is 0 Å². The number of carbonyl (C=O) groups is 3. The first-order valence-corrected chi connectivity index (χ1v) is 11.4. The molecule has 4 N–H and O–H groups in total. The second-order valence-corrected chi connectivity index (χ2v) is 9.44. The molecule has 0 saturated carbocycles. The number of sulfonamides is 1. The maximum Gasteiger partial charge on any atom is 0.414 e. The molecule has 186 valence electrons. The molecular formula is C22H28N2O9S. The van der Waals surface area contributed by atoms with Gasteiger partial charge in [-0.3, -0.25) is 10.1 Å². The summed E-state index contributed by atoms with van der Waals surface area (Å²) in [5, 5.41) is 20.4. The van der Waals surface area contributed by atoms with Gasteiger partial charge in [0.15, 0.2) is 0 Å². The van der Waals surface area contributed by atoms with Crippen molar-refractivity contribution in [2.24, 2.45) is 0 Å². The van der Waals surface area contributed by atoms with Crippen molar-refractivity contribution in [1.29, 1.82) is 0 Å². The molecule has 0 atom stereocenters. The minimum Gasteiger partial charge on any atom is -0.508 e. The fourth-order valence-corrected chi connectivity index (χ4v) is 3.38. The molecule has 0 aliphatic carbocycles. The summed E-state index contributed by atoms with van der Waals surface area (Å²) in [6, 6.07) is 11.9. The van der Waals surface area contributed by atoms with E-state index in [-0.39, 0.29) is 18.5 Å². The molecule has 34 heavy (non-hydrogen) atoms. The number of hydrogen-bond donors (Lipinski definition) is 4. The van der Waals surface area contributed by atoms with Gasteiger partial charge in [0.2, 0.25) is 15.9 Å². The molecule has 2 aromatic rings. The van der Waals surface area contributed by atoms with Gasteiger partial charge in [-0.2, -0.15) is 0 Å². The highest BCUT2D eigenvalue weighted by Crippen LogP contribution is 2.24. The van der Waals surface area contributed by atoms with Crippen LogP contribution >= 0.6 is 0 Å². The minimum atomic E-state index is -4.14. The number of imide groups is 1. The van der Waals surface area contributed by atoms with E-state index >= 15 is 0 Å². The lowest BCUT2D eigenvalue weighted by Gasteiger charge is -2.19. The van der Waals surface area contributed by atoms with Crippen molar-refractivity contribution in [2.75, 3.05) is 13.7 Å². The van der Waals surface area contributed by atoms with Crippen LogP contribution in [0.1, 0.15) is 37.6 Å². The van der Waals surface area contributed by atoms with Crippen LogP contribution in [0.25, 0.3) is 0 Å². The van der Waals surface area contributed by atoms with E-state index in [0.29, 0.717) is 5.75 Å². The molecule has 0 spiro atoms. The second kappa shape index (κ2) is 12.6. The molecule has 0 radical (unpaired) electrons. The summed E-state index contributed by atoms with van der Waals surface area (Å²) in [6.45, 7) is 4.56. The molecule has 0 bridgehead atoms. The van der Waals surface area contributed by atoms with E-state index in [2.05, 4.69) is 9.46 Å². The van der Waals surface area contributed by atoms with Crippen LogP contribution in [-0.4, -0.2) is 55.9 Å². The van der Waals surface area contributed by atoms with Crippen molar-refractivity contribution in [3.8, 4) is 11.5 Å². The molecule has 0 aliphatic rings. The van der Waals surface area contributed by atoms with Gasteiger partial charge < -0.3 is 19.7 Å². The van der Waals surface area contributed by atoms with Gasteiger partial charge in [0.1, 0.15) is 22.0 Å². The highest BCUT2D eigenvalue weighted by Gasteiger charge is 2.21. The number of aromatic hydroxyl groups is 2. The molecule has 0 unspecified atom stereocenters. The van der Waals surface area contributed by atoms with Crippen LogP contribution in [0.4, 0.5) is 4.79 Å². The zero-order valence-corrected chi connectivity index (χ0v) is 20.0. The van der Waals surface area contributed by atoms with Gasteiger partial charge in [0, 0.05) is 13.0 Å². The number of phenols is 2. The number of rotatable bonds is 6. The summed E-state index contributed by atoms with van der Waals surface area (Å²) in [7, 11) is -2.99. The fraction of sp³-hybridized carbons (Fsp3) is 0.318. The molecule has 0 fully saturated rings. The van der Waals surface area contributed by atoms with E-state index < -0.39 is 44.2 Å². The summed E-state index contributed by atoms with van der Waals surface area (Å²) in [6.07, 6.45) is -1.27. The van der Waals surface area contributed by atoms with Crippen LogP contribution in [0, 0.1) is 0 Å². The lowest BCUT2D eigenvalue weighted by Crippen LogP contribution is -2.38. The largest absolute Gasteiger partial charge is 0.508 e. The zero-order valence-electron chi connectivity index (χ0n) is 19.2. The first-order chi connectivity index (χ1) is 15.7. The van der Waals surface area contributed by atoms with Crippen molar-refractivity contribution >= 4 is 28.0 Å². The van der Waals surface area contributed by atoms with E-state index in [1.165, 1.54) is 6.07 Å². The number of carbonyl (C=O) groups excluding carboxylic acids is 3. The topological polar surface area (TPSA) is 168 Å². The van der Waals surface area contributed by atoms with Gasteiger partial charge in [-0.1, -0.05) is 18.2 Å². The Morgan fingerprint density at radius 1 is 1.00 bits per heavy atom. The highest BCUT2D eigenvalue weighted by atomic mass is 32.2. The van der Waals surface area contributed by atoms with Crippen molar-refractivity contribution in [1.82, 2.24) is 10.0 Å². The van der Waals surface area contributed by atoms with Crippen LogP contribution in [0.15, 0.2) is 53.4 Å². The molecule has 0 saturated heterocycles. The summed E-state index contributed by atoms with van der Waals surface area (Å²) < 4.78 is 35.9. The first kappa shape index (κ1) is 28.4. The van der Waals surface area contributed by atoms with Crippen LogP contribution in [0.3, 0.4) is 0 Å². The first-order valence-electron chi connectivity index (χ1n) is 9.93. The number of methoxy groups -OCH3 is 1. The number of nitrogens with one attached hydrogen (secondary N) is 2. The number of para-hydroxylation sites is 1. The molecule has 2 rings (SSSR count). The Morgan fingerprint density at radius 2 is 1.62 bits per heavy atom. The fourth-order valence-electron chi connectivity index (χ4n) is 2.27. The molecule has 0 aromatic heterocycles. The van der Waals surface area contributed by atoms with E-state index in [1.54, 1.807) is 45.0 Å². The van der Waals surface area contributed by atoms with Crippen LogP contribution in [-0.2, 0) is 24.3 Å². The van der Waals surface area contributed by atoms with Gasteiger partial charge in [-0.25, -0.2) is 22.7 Å². The Kier molecular flexibility index (Phi) is 10.5. The van der Waals surface area contributed by atoms with E-state index in [9.17, 15) is 27.9 Å². The Balaban J connectivity index is 0.000000700. The monoisotopic (exact) mass is 496 g/mol. The second-order valence-electron chi connectivity index (χ2n) is 7.71. The molecular weight excluding hydrogens is 468 g/mol. The van der Waals surface area contributed by atoms with Crippen molar-refractivity contribution in [3.63, 3.8) is 0 Å². The van der Waals surface area contributed by atoms with Crippen LogP contribution in [0.5, 0.6) is 11.5 Å². The third kappa shape index (κ3) is 10.3. The van der Waals surface area contributed by atoms with Gasteiger partial charge in [0.05, 0.1) is 12.7 Å². The van der Waals surface area contributed by atoms with Crippen LogP contribution < -0.4 is 10.0 Å². The Hall–Kier alpha value is -3.64. The molecule has 12 heteroatoms. The smallest absolute Gasteiger partial charge is 0.414 e. The van der Waals surface area contributed by atoms with E-state index in [4.69, 9.17) is 9.84 Å². The van der Waals surface area contributed by atoms with Crippen molar-refractivity contribution in [2.45, 2.75) is 37.7 Å². The average Bonchev–Trinajstić information content (AvgIpc) is 2.72. The van der Waals surface area contributed by atoms with Gasteiger partial charge >= 0.3 is 12.1 Å². The van der Waals surface area contributed by atoms with E-state index in [1.807, 2.05) is 11.4 Å². The number of hydrogen-bond acceptors (Lipinski definition) is 9. The Morgan fingerprint density at radius 3 is 2.09 bits per heavy atom. The molecule has 0 heterocycles.